The molecule has 114 valence electrons. The van der Waals surface area contributed by atoms with E-state index in [1.54, 1.807) is 19.1 Å². The van der Waals surface area contributed by atoms with Gasteiger partial charge in [0.1, 0.15) is 0 Å². The van der Waals surface area contributed by atoms with Crippen LogP contribution < -0.4 is 10.6 Å². The van der Waals surface area contributed by atoms with Crippen molar-refractivity contribution in [1.82, 2.24) is 0 Å². The third-order valence-corrected chi connectivity index (χ3v) is 3.11. The molecule has 0 saturated carbocycles. The number of carboxylic acids is 1. The quantitative estimate of drug-likeness (QED) is 0.797. The lowest BCUT2D eigenvalue weighted by Crippen LogP contribution is -2.36. The Labute approximate surface area is 123 Å². The van der Waals surface area contributed by atoms with Crippen LogP contribution in [0.1, 0.15) is 37.0 Å². The maximum atomic E-state index is 12.2. The van der Waals surface area contributed by atoms with Gasteiger partial charge in [0.05, 0.1) is 5.92 Å². The van der Waals surface area contributed by atoms with E-state index in [0.29, 0.717) is 24.1 Å². The van der Waals surface area contributed by atoms with Gasteiger partial charge in [0.25, 0.3) is 0 Å². The minimum Gasteiger partial charge on any atom is -0.481 e. The van der Waals surface area contributed by atoms with Gasteiger partial charge in [-0.2, -0.15) is 0 Å². The molecule has 0 saturated heterocycles. The van der Waals surface area contributed by atoms with Crippen LogP contribution in [-0.2, 0) is 9.59 Å². The van der Waals surface area contributed by atoms with Crippen LogP contribution in [0.2, 0.25) is 0 Å². The Morgan fingerprint density at radius 2 is 1.81 bits per heavy atom. The number of aliphatic carboxylic acids is 1. The fourth-order valence-corrected chi connectivity index (χ4v) is 1.86. The predicted octanol–water partition coefficient (Wildman–Crippen LogP) is 1.64. The van der Waals surface area contributed by atoms with Gasteiger partial charge in [-0.1, -0.05) is 13.8 Å². The van der Waals surface area contributed by atoms with E-state index in [1.165, 1.54) is 17.0 Å². The highest BCUT2D eigenvalue weighted by atomic mass is 16.4. The molecule has 2 amide bonds. The van der Waals surface area contributed by atoms with Crippen LogP contribution in [0.15, 0.2) is 24.3 Å². The average Bonchev–Trinajstić information content (AvgIpc) is 2.44. The Bertz CT molecular complexity index is 525. The summed E-state index contributed by atoms with van der Waals surface area (Å²) >= 11 is 0. The van der Waals surface area contributed by atoms with Gasteiger partial charge >= 0.3 is 5.97 Å². The molecule has 0 heterocycles. The maximum Gasteiger partial charge on any atom is 0.308 e. The summed E-state index contributed by atoms with van der Waals surface area (Å²) in [5.41, 5.74) is 6.07. The molecule has 1 atom stereocenters. The molecular weight excluding hydrogens is 272 g/mol. The van der Waals surface area contributed by atoms with Crippen LogP contribution in [0, 0.1) is 5.92 Å². The molecule has 0 radical (unpaired) electrons. The Morgan fingerprint density at radius 1 is 1.24 bits per heavy atom. The van der Waals surface area contributed by atoms with E-state index < -0.39 is 17.8 Å². The Kier molecular flexibility index (Phi) is 5.90. The number of amides is 2. The molecule has 0 aliphatic heterocycles. The molecule has 0 aliphatic carbocycles. The van der Waals surface area contributed by atoms with Crippen molar-refractivity contribution in [3.05, 3.63) is 29.8 Å². The van der Waals surface area contributed by atoms with Gasteiger partial charge in [0.15, 0.2) is 0 Å². The van der Waals surface area contributed by atoms with E-state index in [0.717, 1.165) is 0 Å². The van der Waals surface area contributed by atoms with E-state index in [-0.39, 0.29) is 12.5 Å². The molecule has 6 nitrogen and oxygen atoms in total. The summed E-state index contributed by atoms with van der Waals surface area (Å²) in [7, 11) is 0. The topological polar surface area (TPSA) is 101 Å². The van der Waals surface area contributed by atoms with Crippen molar-refractivity contribution in [3.8, 4) is 0 Å². The largest absolute Gasteiger partial charge is 0.481 e. The van der Waals surface area contributed by atoms with Gasteiger partial charge < -0.3 is 15.7 Å². The lowest BCUT2D eigenvalue weighted by molar-refractivity contribution is -0.140. The number of nitrogens with two attached hydrogens (primary N) is 1. The van der Waals surface area contributed by atoms with Crippen molar-refractivity contribution in [2.24, 2.45) is 11.7 Å². The highest BCUT2D eigenvalue weighted by molar-refractivity contribution is 5.96. The number of carboxylic acid groups (broad SMARTS) is 1. The third-order valence-electron chi connectivity index (χ3n) is 3.11. The van der Waals surface area contributed by atoms with Gasteiger partial charge in [-0.05, 0) is 30.7 Å². The number of benzene rings is 1. The molecule has 0 aromatic heterocycles. The molecule has 1 aromatic carbocycles. The lowest BCUT2D eigenvalue weighted by Gasteiger charge is -2.24. The number of nitrogens with zero attached hydrogens (tertiary/aromatic N) is 1. The Hall–Kier alpha value is -2.37. The first kappa shape index (κ1) is 16.7. The maximum absolute atomic E-state index is 12.2. The van der Waals surface area contributed by atoms with E-state index in [9.17, 15) is 14.4 Å². The van der Waals surface area contributed by atoms with Crippen molar-refractivity contribution in [2.75, 3.05) is 11.4 Å². The SMILES string of the molecule is CCCC(=O)N(CC(C)C(=O)O)c1ccc(C(N)=O)cc1. The monoisotopic (exact) mass is 292 g/mol. The second-order valence-corrected chi connectivity index (χ2v) is 4.90. The van der Waals surface area contributed by atoms with Gasteiger partial charge in [-0.3, -0.25) is 14.4 Å². The molecule has 21 heavy (non-hydrogen) atoms. The zero-order chi connectivity index (χ0) is 16.0. The first-order chi connectivity index (χ1) is 9.86. The number of hydrogen-bond acceptors (Lipinski definition) is 3. The number of primary amides is 1. The molecule has 0 aliphatic rings. The highest BCUT2D eigenvalue weighted by Crippen LogP contribution is 2.18. The first-order valence-electron chi connectivity index (χ1n) is 6.79. The highest BCUT2D eigenvalue weighted by Gasteiger charge is 2.21. The van der Waals surface area contributed by atoms with E-state index in [4.69, 9.17) is 10.8 Å². The molecular formula is C15H20N2O4. The number of carbonyl (C=O) groups excluding carboxylic acids is 2. The molecule has 0 spiro atoms. The number of hydrogen-bond donors (Lipinski definition) is 2. The second kappa shape index (κ2) is 7.42. The molecule has 6 heteroatoms. The molecule has 3 N–H and O–H groups in total. The molecule has 0 bridgehead atoms. The zero-order valence-corrected chi connectivity index (χ0v) is 12.2. The molecule has 0 fully saturated rings. The normalized spacial score (nSPS) is 11.7. The third kappa shape index (κ3) is 4.59. The van der Waals surface area contributed by atoms with Gasteiger partial charge in [0, 0.05) is 24.2 Å². The molecule has 1 aromatic rings. The van der Waals surface area contributed by atoms with E-state index in [2.05, 4.69) is 0 Å². The van der Waals surface area contributed by atoms with Crippen molar-refractivity contribution in [1.29, 1.82) is 0 Å². The predicted molar refractivity (Wildman–Crippen MR) is 79.0 cm³/mol. The van der Waals surface area contributed by atoms with Gasteiger partial charge in [-0.15, -0.1) is 0 Å². The van der Waals surface area contributed by atoms with Gasteiger partial charge in [-0.25, -0.2) is 0 Å². The summed E-state index contributed by atoms with van der Waals surface area (Å²) in [6.07, 6.45) is 1.01. The Balaban J connectivity index is 3.02. The molecule has 1 unspecified atom stereocenters. The summed E-state index contributed by atoms with van der Waals surface area (Å²) in [6.45, 7) is 3.52. The average molecular weight is 292 g/mol. The second-order valence-electron chi connectivity index (χ2n) is 4.90. The van der Waals surface area contributed by atoms with Crippen molar-refractivity contribution < 1.29 is 19.5 Å². The minimum absolute atomic E-state index is 0.0874. The lowest BCUT2D eigenvalue weighted by atomic mass is 10.1. The first-order valence-corrected chi connectivity index (χ1v) is 6.79. The van der Waals surface area contributed by atoms with Crippen LogP contribution >= 0.6 is 0 Å². The van der Waals surface area contributed by atoms with Crippen LogP contribution in [0.4, 0.5) is 5.69 Å². The van der Waals surface area contributed by atoms with E-state index >= 15 is 0 Å². The van der Waals surface area contributed by atoms with E-state index in [1.807, 2.05) is 6.92 Å². The number of carbonyl (C=O) groups is 3. The summed E-state index contributed by atoms with van der Waals surface area (Å²) < 4.78 is 0. The van der Waals surface area contributed by atoms with Crippen LogP contribution in [-0.4, -0.2) is 29.4 Å². The summed E-state index contributed by atoms with van der Waals surface area (Å²) in [5, 5.41) is 9.01. The summed E-state index contributed by atoms with van der Waals surface area (Å²) in [4.78, 5) is 35.6. The van der Waals surface area contributed by atoms with Gasteiger partial charge in [0.2, 0.25) is 11.8 Å². The summed E-state index contributed by atoms with van der Waals surface area (Å²) in [6, 6.07) is 6.25. The number of anilines is 1. The standard InChI is InChI=1S/C15H20N2O4/c1-3-4-13(18)17(9-10(2)15(20)21)12-7-5-11(6-8-12)14(16)19/h5-8,10H,3-4,9H2,1-2H3,(H2,16,19)(H,20,21). The van der Waals surface area contributed by atoms with Crippen molar-refractivity contribution in [3.63, 3.8) is 0 Å². The summed E-state index contributed by atoms with van der Waals surface area (Å²) in [5.74, 6) is -2.33. The zero-order valence-electron chi connectivity index (χ0n) is 12.2. The minimum atomic E-state index is -0.960. The number of rotatable bonds is 7. The van der Waals surface area contributed by atoms with Crippen LogP contribution in [0.5, 0.6) is 0 Å². The van der Waals surface area contributed by atoms with Crippen molar-refractivity contribution in [2.45, 2.75) is 26.7 Å². The van der Waals surface area contributed by atoms with Crippen molar-refractivity contribution >= 4 is 23.5 Å². The van der Waals surface area contributed by atoms with Crippen LogP contribution in [0.3, 0.4) is 0 Å². The molecule has 1 rings (SSSR count). The Morgan fingerprint density at radius 3 is 2.24 bits per heavy atom. The van der Waals surface area contributed by atoms with Crippen LogP contribution in [0.25, 0.3) is 0 Å². The smallest absolute Gasteiger partial charge is 0.308 e. The fourth-order valence-electron chi connectivity index (χ4n) is 1.86. The fraction of sp³-hybridized carbons (Fsp3) is 0.400.